The molecule has 18 nitrogen and oxygen atoms in total. The Bertz CT molecular complexity index is 2150. The number of carbonyl (C=O) groups is 4. The first-order chi connectivity index (χ1) is 26.3. The van der Waals surface area contributed by atoms with E-state index in [4.69, 9.17) is 14.7 Å². The van der Waals surface area contributed by atoms with E-state index in [2.05, 4.69) is 27.1 Å². The first kappa shape index (κ1) is 39.4. The maximum absolute atomic E-state index is 13.6. The first-order valence-electron chi connectivity index (χ1n) is 17.3. The summed E-state index contributed by atoms with van der Waals surface area (Å²) in [4.78, 5) is 65.6. The maximum Gasteiger partial charge on any atom is 0.409 e. The van der Waals surface area contributed by atoms with E-state index < -0.39 is 12.1 Å². The third-order valence-electron chi connectivity index (χ3n) is 9.52. The van der Waals surface area contributed by atoms with Crippen LogP contribution in [0.25, 0.3) is 11.0 Å². The van der Waals surface area contributed by atoms with Gasteiger partial charge in [-0.1, -0.05) is 6.92 Å². The number of aromatic carboxylic acids is 1. The van der Waals surface area contributed by atoms with Crippen LogP contribution in [-0.2, 0) is 16.1 Å². The molecule has 2 aromatic carbocycles. The molecule has 0 unspecified atom stereocenters. The number of rotatable bonds is 12. The molecule has 1 saturated heterocycles. The van der Waals surface area contributed by atoms with Gasteiger partial charge in [-0.25, -0.2) is 24.4 Å². The van der Waals surface area contributed by atoms with E-state index in [-0.39, 0.29) is 67.0 Å². The van der Waals surface area contributed by atoms with Crippen molar-refractivity contribution in [2.24, 2.45) is 16.1 Å². The Morgan fingerprint density at radius 3 is 2.44 bits per heavy atom. The second-order valence-corrected chi connectivity index (χ2v) is 13.1. The lowest BCUT2D eigenvalue weighted by Gasteiger charge is -2.42. The maximum atomic E-state index is 13.6. The zero-order valence-electron chi connectivity index (χ0n) is 31.1. The highest BCUT2D eigenvalue weighted by atomic mass is 16.6. The molecule has 0 bridgehead atoms. The third kappa shape index (κ3) is 9.07. The number of anilines is 1. The summed E-state index contributed by atoms with van der Waals surface area (Å²) < 4.78 is 12.4. The summed E-state index contributed by atoms with van der Waals surface area (Å²) in [6, 6.07) is 12.0. The minimum absolute atomic E-state index is 0.0573. The van der Waals surface area contributed by atoms with Gasteiger partial charge in [-0.2, -0.15) is 15.5 Å². The molecule has 3 amide bonds. The fourth-order valence-electron chi connectivity index (χ4n) is 6.20. The second-order valence-electron chi connectivity index (χ2n) is 13.1. The fraction of sp³-hybridized carbons (Fsp3) is 0.378. The van der Waals surface area contributed by atoms with Crippen molar-refractivity contribution in [2.75, 3.05) is 59.3 Å². The molecule has 1 aliphatic rings. The van der Waals surface area contributed by atoms with Gasteiger partial charge in [0, 0.05) is 65.1 Å². The molecule has 4 aromatic rings. The van der Waals surface area contributed by atoms with E-state index in [1.54, 1.807) is 49.5 Å². The molecule has 0 spiro atoms. The predicted octanol–water partition coefficient (Wildman–Crippen LogP) is 5.01. The zero-order valence-corrected chi connectivity index (χ0v) is 31.1. The Balaban J connectivity index is 1.16. The van der Waals surface area contributed by atoms with Gasteiger partial charge < -0.3 is 39.3 Å². The topological polar surface area (TPSA) is 219 Å². The Morgan fingerprint density at radius 2 is 1.73 bits per heavy atom. The van der Waals surface area contributed by atoms with Gasteiger partial charge >= 0.3 is 18.1 Å². The van der Waals surface area contributed by atoms with Crippen LogP contribution in [0.4, 0.5) is 26.8 Å². The van der Waals surface area contributed by atoms with Gasteiger partial charge in [0.2, 0.25) is 5.91 Å². The van der Waals surface area contributed by atoms with Crippen LogP contribution >= 0.6 is 0 Å². The van der Waals surface area contributed by atoms with E-state index in [0.29, 0.717) is 46.9 Å². The molecule has 0 aliphatic carbocycles. The number of nitrogens with zero attached hydrogens (tertiary/aromatic N) is 10. The zero-order chi connectivity index (χ0) is 39.8. The SMILES string of the molecule is COc1cc(N=Nc2ccc(O)c(C(=O)O)c2)ccc1COC(=O)N(C)CCN(C)C(=O)n1ccc2c(N(C)[C@H]3CN(C(=O)CC#N)CC[C@H]3C)ncnc21. The van der Waals surface area contributed by atoms with Crippen molar-refractivity contribution in [1.82, 2.24) is 29.2 Å². The number of hydrogen-bond acceptors (Lipinski definition) is 13. The molecule has 0 saturated carbocycles. The van der Waals surface area contributed by atoms with Crippen LogP contribution in [0.3, 0.4) is 0 Å². The average molecular weight is 755 g/mol. The third-order valence-corrected chi connectivity index (χ3v) is 9.52. The van der Waals surface area contributed by atoms with E-state index in [1.807, 2.05) is 18.0 Å². The molecule has 2 atom stereocenters. The van der Waals surface area contributed by atoms with Crippen molar-refractivity contribution in [1.29, 1.82) is 5.26 Å². The summed E-state index contributed by atoms with van der Waals surface area (Å²) in [5.41, 5.74) is 1.29. The van der Waals surface area contributed by atoms with Gasteiger partial charge in [0.05, 0.1) is 36.0 Å². The van der Waals surface area contributed by atoms with E-state index in [1.165, 1.54) is 46.0 Å². The number of hydrogen-bond donors (Lipinski definition) is 2. The quantitative estimate of drug-likeness (QED) is 0.182. The first-order valence-corrected chi connectivity index (χ1v) is 17.3. The molecule has 2 aromatic heterocycles. The number of aromatic nitrogens is 3. The van der Waals surface area contributed by atoms with E-state index in [9.17, 15) is 29.4 Å². The molecule has 1 fully saturated rings. The van der Waals surface area contributed by atoms with Crippen LogP contribution < -0.4 is 9.64 Å². The van der Waals surface area contributed by atoms with E-state index >= 15 is 0 Å². The van der Waals surface area contributed by atoms with Crippen molar-refractivity contribution in [3.05, 3.63) is 66.1 Å². The summed E-state index contributed by atoms with van der Waals surface area (Å²) >= 11 is 0. The summed E-state index contributed by atoms with van der Waals surface area (Å²) in [7, 11) is 6.53. The highest BCUT2D eigenvalue weighted by molar-refractivity contribution is 5.95. The molecule has 3 heterocycles. The number of ether oxygens (including phenoxy) is 2. The summed E-state index contributed by atoms with van der Waals surface area (Å²) in [5, 5.41) is 36.7. The molecule has 55 heavy (non-hydrogen) atoms. The molecule has 288 valence electrons. The van der Waals surface area contributed by atoms with Gasteiger partial charge in [-0.15, -0.1) is 0 Å². The average Bonchev–Trinajstić information content (AvgIpc) is 3.62. The van der Waals surface area contributed by atoms with Gasteiger partial charge in [0.15, 0.2) is 5.65 Å². The lowest BCUT2D eigenvalue weighted by Crippen LogP contribution is -2.52. The van der Waals surface area contributed by atoms with Crippen LogP contribution in [0.15, 0.2) is 65.2 Å². The summed E-state index contributed by atoms with van der Waals surface area (Å²) in [5.74, 6) is -0.622. The number of likely N-dealkylation sites (tertiary alicyclic amines) is 1. The van der Waals surface area contributed by atoms with E-state index in [0.717, 1.165) is 6.42 Å². The number of amides is 3. The highest BCUT2D eigenvalue weighted by Crippen LogP contribution is 2.31. The molecule has 18 heteroatoms. The molecular weight excluding hydrogens is 712 g/mol. The van der Waals surface area contributed by atoms with Crippen molar-refractivity contribution < 1.29 is 38.9 Å². The van der Waals surface area contributed by atoms with Crippen LogP contribution in [0, 0.1) is 17.2 Å². The number of aromatic hydroxyl groups is 1. The number of likely N-dealkylation sites (N-methyl/N-ethyl adjacent to an activating group) is 3. The predicted molar refractivity (Wildman–Crippen MR) is 199 cm³/mol. The molecule has 1 aliphatic heterocycles. The fourth-order valence-corrected chi connectivity index (χ4v) is 6.20. The van der Waals surface area contributed by atoms with Crippen molar-refractivity contribution >= 4 is 52.2 Å². The van der Waals surface area contributed by atoms with Gasteiger partial charge in [0.25, 0.3) is 0 Å². The standard InChI is InChI=1S/C37H42N10O8/c1-23-11-14-46(32(49)10-13-38)20-29(23)45(4)33-27-12-15-47(34(27)40-22-39-33)36(52)43(2)16-17-44(3)37(53)55-21-24-6-7-26(19-31(24)54-5)42-41-25-8-9-30(48)28(18-25)35(50)51/h6-9,12,15,18-19,22-23,29,48H,10-11,14,16-17,20-21H2,1-5H3,(H,50,51)/t23-,29+/m1/s1. The number of benzene rings is 2. The van der Waals surface area contributed by atoms with Crippen LogP contribution in [0.1, 0.15) is 35.7 Å². The normalized spacial score (nSPS) is 15.4. The van der Waals surface area contributed by atoms with Gasteiger partial charge in [-0.3, -0.25) is 9.36 Å². The largest absolute Gasteiger partial charge is 0.507 e. The number of piperidine rings is 1. The van der Waals surface area contributed by atoms with Crippen molar-refractivity contribution in [3.63, 3.8) is 0 Å². The lowest BCUT2D eigenvalue weighted by atomic mass is 9.92. The number of methoxy groups -OCH3 is 1. The Labute approximate surface area is 316 Å². The van der Waals surface area contributed by atoms with Crippen LogP contribution in [0.5, 0.6) is 11.5 Å². The Hall–Kier alpha value is -6.77. The van der Waals surface area contributed by atoms with Gasteiger partial charge in [0.1, 0.15) is 42.2 Å². The van der Waals surface area contributed by atoms with Crippen LogP contribution in [0.2, 0.25) is 0 Å². The number of azo groups is 1. The molecule has 5 rings (SSSR count). The second kappa shape index (κ2) is 17.4. The number of nitriles is 1. The smallest absolute Gasteiger partial charge is 0.409 e. The van der Waals surface area contributed by atoms with Gasteiger partial charge in [-0.05, 0) is 48.7 Å². The number of phenols is 1. The number of fused-ring (bicyclic) bond motifs is 1. The summed E-state index contributed by atoms with van der Waals surface area (Å²) in [6.07, 6.45) is 3.03. The molecule has 0 radical (unpaired) electrons. The van der Waals surface area contributed by atoms with Crippen molar-refractivity contribution in [3.8, 4) is 17.6 Å². The number of carbonyl (C=O) groups excluding carboxylic acids is 3. The molecule has 2 N–H and O–H groups in total. The summed E-state index contributed by atoms with van der Waals surface area (Å²) in [6.45, 7) is 3.41. The molecular formula is C37H42N10O8. The highest BCUT2D eigenvalue weighted by Gasteiger charge is 2.33. The minimum Gasteiger partial charge on any atom is -0.507 e. The minimum atomic E-state index is -1.30. The Kier molecular flexibility index (Phi) is 12.5. The Morgan fingerprint density at radius 1 is 1.02 bits per heavy atom. The number of carboxylic acid groups (broad SMARTS) is 1. The van der Waals surface area contributed by atoms with Crippen LogP contribution in [-0.4, -0.2) is 124 Å². The van der Waals surface area contributed by atoms with Crippen molar-refractivity contribution in [2.45, 2.75) is 32.4 Å². The lowest BCUT2D eigenvalue weighted by molar-refractivity contribution is -0.131. The monoisotopic (exact) mass is 754 g/mol. The number of carboxylic acids is 1.